The third-order valence-electron chi connectivity index (χ3n) is 4.28. The van der Waals surface area contributed by atoms with Gasteiger partial charge in [-0.2, -0.15) is 0 Å². The summed E-state index contributed by atoms with van der Waals surface area (Å²) in [4.78, 5) is 16.7. The second-order valence-corrected chi connectivity index (χ2v) is 6.91. The fourth-order valence-corrected chi connectivity index (χ4v) is 3.93. The molecule has 6 heteroatoms. The van der Waals surface area contributed by atoms with E-state index in [1.807, 2.05) is 11.4 Å². The van der Waals surface area contributed by atoms with Crippen LogP contribution in [0.15, 0.2) is 22.1 Å². The maximum atomic E-state index is 12.1. The zero-order valence-electron chi connectivity index (χ0n) is 12.3. The number of urea groups is 1. The van der Waals surface area contributed by atoms with Gasteiger partial charge >= 0.3 is 6.03 Å². The highest BCUT2D eigenvalue weighted by Gasteiger charge is 2.27. The largest absolute Gasteiger partial charge is 0.469 e. The van der Waals surface area contributed by atoms with Crippen molar-refractivity contribution in [3.63, 3.8) is 0 Å². The van der Waals surface area contributed by atoms with Crippen LogP contribution in [0.5, 0.6) is 0 Å². The molecule has 5 nitrogen and oxygen atoms in total. The van der Waals surface area contributed by atoms with Gasteiger partial charge in [0.05, 0.1) is 29.6 Å². The Morgan fingerprint density at radius 1 is 1.41 bits per heavy atom. The molecule has 2 heterocycles. The summed E-state index contributed by atoms with van der Waals surface area (Å²) in [7, 11) is 0. The molecule has 2 aromatic heterocycles. The number of carbonyl (C=O) groups is 1. The van der Waals surface area contributed by atoms with E-state index >= 15 is 0 Å². The lowest BCUT2D eigenvalue weighted by molar-refractivity contribution is 0.234. The number of hydrogen-bond donors (Lipinski definition) is 2. The predicted molar refractivity (Wildman–Crippen MR) is 83.8 cm³/mol. The van der Waals surface area contributed by atoms with Gasteiger partial charge in [0.25, 0.3) is 0 Å². The first-order chi connectivity index (χ1) is 10.8. The van der Waals surface area contributed by atoms with E-state index in [1.54, 1.807) is 17.6 Å². The van der Waals surface area contributed by atoms with Gasteiger partial charge in [0.15, 0.2) is 0 Å². The number of thiazole rings is 1. The molecule has 0 spiro atoms. The molecule has 2 aromatic rings. The molecule has 0 bridgehead atoms. The fraction of sp³-hybridized carbons (Fsp3) is 0.500. The van der Waals surface area contributed by atoms with Crippen molar-refractivity contribution < 1.29 is 9.21 Å². The molecule has 0 aromatic carbocycles. The Morgan fingerprint density at radius 3 is 3.18 bits per heavy atom. The van der Waals surface area contributed by atoms with E-state index in [-0.39, 0.29) is 12.1 Å². The van der Waals surface area contributed by atoms with E-state index in [1.165, 1.54) is 17.8 Å². The van der Waals surface area contributed by atoms with E-state index in [9.17, 15) is 4.79 Å². The normalized spacial score (nSPS) is 20.5. The standard InChI is InChI=1S/C16H19N3O2S/c20-16(17-8-11-9-22-15(18-11)10-4-5-10)19-13-2-1-3-14-12(13)6-7-21-14/h6-7,9-10,13H,1-5,8H2,(H2,17,19,20)/t13-/m0/s1. The topological polar surface area (TPSA) is 67.2 Å². The first-order valence-electron chi connectivity index (χ1n) is 7.84. The van der Waals surface area contributed by atoms with Crippen molar-refractivity contribution in [1.29, 1.82) is 0 Å². The van der Waals surface area contributed by atoms with Crippen LogP contribution in [-0.4, -0.2) is 11.0 Å². The fourth-order valence-electron chi connectivity index (χ4n) is 2.94. The minimum absolute atomic E-state index is 0.0555. The molecule has 1 atom stereocenters. The van der Waals surface area contributed by atoms with Gasteiger partial charge < -0.3 is 15.1 Å². The molecule has 2 aliphatic rings. The van der Waals surface area contributed by atoms with Crippen molar-refractivity contribution in [3.05, 3.63) is 39.7 Å². The number of fused-ring (bicyclic) bond motifs is 1. The zero-order chi connectivity index (χ0) is 14.9. The molecule has 4 rings (SSSR count). The number of amides is 2. The van der Waals surface area contributed by atoms with E-state index in [4.69, 9.17) is 4.42 Å². The third kappa shape index (κ3) is 2.88. The van der Waals surface area contributed by atoms with Crippen LogP contribution in [0.2, 0.25) is 0 Å². The van der Waals surface area contributed by atoms with Crippen LogP contribution in [0.1, 0.15) is 59.7 Å². The Balaban J connectivity index is 1.31. The minimum Gasteiger partial charge on any atom is -0.469 e. The van der Waals surface area contributed by atoms with E-state index < -0.39 is 0 Å². The van der Waals surface area contributed by atoms with E-state index in [0.717, 1.165) is 36.3 Å². The highest BCUT2D eigenvalue weighted by Crippen LogP contribution is 2.41. The number of rotatable bonds is 4. The molecule has 1 saturated carbocycles. The molecule has 22 heavy (non-hydrogen) atoms. The molecule has 1 fully saturated rings. The maximum absolute atomic E-state index is 12.1. The summed E-state index contributed by atoms with van der Waals surface area (Å²) in [6.45, 7) is 0.486. The van der Waals surface area contributed by atoms with E-state index in [0.29, 0.717) is 12.5 Å². The molecular weight excluding hydrogens is 298 g/mol. The van der Waals surface area contributed by atoms with Gasteiger partial charge in [-0.25, -0.2) is 9.78 Å². The monoisotopic (exact) mass is 317 g/mol. The number of nitrogens with one attached hydrogen (secondary N) is 2. The SMILES string of the molecule is O=C(NCc1csc(C2CC2)n1)N[C@H]1CCCc2occc21. The summed E-state index contributed by atoms with van der Waals surface area (Å²) in [6, 6.07) is 1.88. The van der Waals surface area contributed by atoms with Gasteiger partial charge in [-0.15, -0.1) is 11.3 Å². The second-order valence-electron chi connectivity index (χ2n) is 6.02. The van der Waals surface area contributed by atoms with Gasteiger partial charge in [-0.3, -0.25) is 0 Å². The van der Waals surface area contributed by atoms with Crippen LogP contribution >= 0.6 is 11.3 Å². The van der Waals surface area contributed by atoms with Crippen LogP contribution in [0.4, 0.5) is 4.79 Å². The second kappa shape index (κ2) is 5.76. The Labute approximate surface area is 133 Å². The molecule has 0 saturated heterocycles. The first-order valence-corrected chi connectivity index (χ1v) is 8.72. The van der Waals surface area contributed by atoms with Crippen LogP contribution in [0.25, 0.3) is 0 Å². The molecule has 0 unspecified atom stereocenters. The molecule has 116 valence electrons. The summed E-state index contributed by atoms with van der Waals surface area (Å²) in [5.41, 5.74) is 2.07. The average molecular weight is 317 g/mol. The number of hydrogen-bond acceptors (Lipinski definition) is 4. The van der Waals surface area contributed by atoms with Crippen molar-refractivity contribution in [2.75, 3.05) is 0 Å². The summed E-state index contributed by atoms with van der Waals surface area (Å²) in [5.74, 6) is 1.68. The molecular formula is C16H19N3O2S. The summed E-state index contributed by atoms with van der Waals surface area (Å²) < 4.78 is 5.45. The van der Waals surface area contributed by atoms with Gasteiger partial charge in [-0.05, 0) is 31.7 Å². The number of aryl methyl sites for hydroxylation is 1. The quantitative estimate of drug-likeness (QED) is 0.907. The first kappa shape index (κ1) is 13.8. The lowest BCUT2D eigenvalue weighted by Gasteiger charge is -2.22. The zero-order valence-corrected chi connectivity index (χ0v) is 13.1. The number of carbonyl (C=O) groups excluding carboxylic acids is 1. The number of aromatic nitrogens is 1. The molecule has 2 amide bonds. The number of nitrogens with zero attached hydrogens (tertiary/aromatic N) is 1. The average Bonchev–Trinajstić information content (AvgIpc) is 3.07. The van der Waals surface area contributed by atoms with Gasteiger partial charge in [0.1, 0.15) is 5.76 Å². The van der Waals surface area contributed by atoms with E-state index in [2.05, 4.69) is 15.6 Å². The van der Waals surface area contributed by atoms with Crippen molar-refractivity contribution in [2.45, 2.75) is 50.6 Å². The third-order valence-corrected chi connectivity index (χ3v) is 5.34. The maximum Gasteiger partial charge on any atom is 0.315 e. The minimum atomic E-state index is -0.139. The Hall–Kier alpha value is -1.82. The molecule has 2 aliphatic carbocycles. The van der Waals surface area contributed by atoms with Crippen LogP contribution in [0, 0.1) is 0 Å². The van der Waals surface area contributed by atoms with Crippen LogP contribution in [0.3, 0.4) is 0 Å². The lowest BCUT2D eigenvalue weighted by atomic mass is 9.93. The lowest BCUT2D eigenvalue weighted by Crippen LogP contribution is -2.38. The molecule has 0 aliphatic heterocycles. The highest BCUT2D eigenvalue weighted by atomic mass is 32.1. The van der Waals surface area contributed by atoms with Crippen molar-refractivity contribution in [1.82, 2.24) is 15.6 Å². The van der Waals surface area contributed by atoms with Crippen LogP contribution in [-0.2, 0) is 13.0 Å². The molecule has 0 radical (unpaired) electrons. The van der Waals surface area contributed by atoms with Gasteiger partial charge in [0, 0.05) is 23.3 Å². The van der Waals surface area contributed by atoms with Crippen molar-refractivity contribution in [2.24, 2.45) is 0 Å². The summed E-state index contributed by atoms with van der Waals surface area (Å²) >= 11 is 1.70. The van der Waals surface area contributed by atoms with Gasteiger partial charge in [0.2, 0.25) is 0 Å². The van der Waals surface area contributed by atoms with Crippen LogP contribution < -0.4 is 10.6 Å². The smallest absolute Gasteiger partial charge is 0.315 e. The van der Waals surface area contributed by atoms with Crippen molar-refractivity contribution in [3.8, 4) is 0 Å². The summed E-state index contributed by atoms with van der Waals surface area (Å²) in [5, 5.41) is 9.20. The van der Waals surface area contributed by atoms with Crippen molar-refractivity contribution >= 4 is 17.4 Å². The molecule has 2 N–H and O–H groups in total. The Kier molecular flexibility index (Phi) is 3.62. The number of furan rings is 1. The predicted octanol–water partition coefficient (Wildman–Crippen LogP) is 3.49. The highest BCUT2D eigenvalue weighted by molar-refractivity contribution is 7.09. The Morgan fingerprint density at radius 2 is 2.32 bits per heavy atom. The Bertz CT molecular complexity index is 674. The van der Waals surface area contributed by atoms with Gasteiger partial charge in [-0.1, -0.05) is 0 Å². The summed E-state index contributed by atoms with van der Waals surface area (Å²) in [6.07, 6.45) is 7.19.